The fourth-order valence-electron chi connectivity index (χ4n) is 2.51. The van der Waals surface area contributed by atoms with E-state index in [4.69, 9.17) is 9.26 Å². The molecule has 0 radical (unpaired) electrons. The number of sulfone groups is 1. The van der Waals surface area contributed by atoms with Gasteiger partial charge in [0.2, 0.25) is 11.7 Å². The van der Waals surface area contributed by atoms with Crippen molar-refractivity contribution in [1.82, 2.24) is 10.1 Å². The summed E-state index contributed by atoms with van der Waals surface area (Å²) >= 11 is 0. The van der Waals surface area contributed by atoms with Crippen molar-refractivity contribution in [3.63, 3.8) is 0 Å². The van der Waals surface area contributed by atoms with Crippen LogP contribution >= 0.6 is 0 Å². The molecule has 0 spiro atoms. The van der Waals surface area contributed by atoms with Crippen molar-refractivity contribution in [3.05, 3.63) is 30.2 Å². The Morgan fingerprint density at radius 2 is 1.90 bits per heavy atom. The van der Waals surface area contributed by atoms with Gasteiger partial charge >= 0.3 is 0 Å². The van der Waals surface area contributed by atoms with E-state index in [0.717, 1.165) is 17.7 Å². The second kappa shape index (κ2) is 4.84. The Balaban J connectivity index is 1.96. The van der Waals surface area contributed by atoms with Crippen LogP contribution in [0.1, 0.15) is 25.2 Å². The molecule has 1 fully saturated rings. The maximum absolute atomic E-state index is 12.0. The lowest BCUT2D eigenvalue weighted by Crippen LogP contribution is -2.42. The number of ether oxygens (including phenoxy) is 1. The minimum absolute atomic E-state index is 0.196. The molecular formula is C14H16N2O4S. The van der Waals surface area contributed by atoms with Crippen LogP contribution in [0, 0.1) is 0 Å². The van der Waals surface area contributed by atoms with E-state index in [1.165, 1.54) is 6.26 Å². The Hall–Kier alpha value is -1.89. The Morgan fingerprint density at radius 3 is 2.38 bits per heavy atom. The molecule has 6 nitrogen and oxygen atoms in total. The number of benzene rings is 1. The summed E-state index contributed by atoms with van der Waals surface area (Å²) in [6.07, 6.45) is 3.16. The maximum Gasteiger partial charge on any atom is 0.248 e. The van der Waals surface area contributed by atoms with E-state index >= 15 is 0 Å². The quantitative estimate of drug-likeness (QED) is 0.861. The molecule has 1 heterocycles. The zero-order valence-corrected chi connectivity index (χ0v) is 12.7. The average molecular weight is 308 g/mol. The third-order valence-electron chi connectivity index (χ3n) is 4.04. The third-order valence-corrected chi connectivity index (χ3v) is 6.04. The van der Waals surface area contributed by atoms with Crippen molar-refractivity contribution >= 4 is 9.84 Å². The molecule has 0 bridgehead atoms. The number of methoxy groups -OCH3 is 1. The van der Waals surface area contributed by atoms with Crippen molar-refractivity contribution in [2.75, 3.05) is 13.4 Å². The van der Waals surface area contributed by atoms with Gasteiger partial charge in [-0.3, -0.25) is 0 Å². The minimum Gasteiger partial charge on any atom is -0.497 e. The predicted molar refractivity (Wildman–Crippen MR) is 76.7 cm³/mol. The normalized spacial score (nSPS) is 17.2. The fourth-order valence-corrected chi connectivity index (χ4v) is 3.94. The van der Waals surface area contributed by atoms with Crippen LogP contribution in [0.5, 0.6) is 5.75 Å². The lowest BCUT2D eigenvalue weighted by molar-refractivity contribution is 0.251. The summed E-state index contributed by atoms with van der Waals surface area (Å²) in [6, 6.07) is 7.20. The topological polar surface area (TPSA) is 82.3 Å². The van der Waals surface area contributed by atoms with Crippen molar-refractivity contribution < 1.29 is 17.7 Å². The van der Waals surface area contributed by atoms with Crippen molar-refractivity contribution in [2.24, 2.45) is 0 Å². The van der Waals surface area contributed by atoms with Crippen LogP contribution in [-0.2, 0) is 14.6 Å². The summed E-state index contributed by atoms with van der Waals surface area (Å²) in [4.78, 5) is 4.30. The van der Waals surface area contributed by atoms with Crippen LogP contribution < -0.4 is 4.74 Å². The summed E-state index contributed by atoms with van der Waals surface area (Å²) in [5, 5.41) is 3.91. The fraction of sp³-hybridized carbons (Fsp3) is 0.429. The highest BCUT2D eigenvalue weighted by Gasteiger charge is 2.52. The summed E-state index contributed by atoms with van der Waals surface area (Å²) in [5.41, 5.74) is 0.758. The van der Waals surface area contributed by atoms with E-state index in [1.54, 1.807) is 31.4 Å². The molecule has 1 aliphatic rings. The first kappa shape index (κ1) is 14.1. The number of hydrogen-bond acceptors (Lipinski definition) is 6. The highest BCUT2D eigenvalue weighted by Crippen LogP contribution is 2.47. The van der Waals surface area contributed by atoms with E-state index < -0.39 is 14.6 Å². The van der Waals surface area contributed by atoms with Crippen LogP contribution in [0.3, 0.4) is 0 Å². The second-order valence-corrected chi connectivity index (χ2v) is 7.60. The average Bonchev–Trinajstić information content (AvgIpc) is 2.85. The van der Waals surface area contributed by atoms with Gasteiger partial charge in [0.1, 0.15) is 5.75 Å². The van der Waals surface area contributed by atoms with Gasteiger partial charge in [-0.1, -0.05) is 5.16 Å². The van der Waals surface area contributed by atoms with E-state index in [9.17, 15) is 8.42 Å². The number of aromatic nitrogens is 2. The van der Waals surface area contributed by atoms with E-state index in [1.807, 2.05) is 0 Å². The standard InChI is InChI=1S/C14H16N2O4S/c1-19-11-6-4-10(5-7-11)12-15-13(20-16-12)14(8-3-9-14)21(2,17)18/h4-7H,3,8-9H2,1-2H3. The molecule has 2 aromatic rings. The molecule has 1 saturated carbocycles. The van der Waals surface area contributed by atoms with Crippen LogP contribution in [0.15, 0.2) is 28.8 Å². The SMILES string of the molecule is COc1ccc(-c2noc(C3(S(C)(=O)=O)CCC3)n2)cc1. The van der Waals surface area contributed by atoms with Gasteiger partial charge in [-0.25, -0.2) is 8.42 Å². The highest BCUT2D eigenvalue weighted by molar-refractivity contribution is 7.91. The van der Waals surface area contributed by atoms with Crippen LogP contribution in [0.4, 0.5) is 0 Å². The van der Waals surface area contributed by atoms with Crippen molar-refractivity contribution in [3.8, 4) is 17.1 Å². The monoisotopic (exact) mass is 308 g/mol. The molecule has 0 atom stereocenters. The molecular weight excluding hydrogens is 292 g/mol. The Labute approximate surface area is 123 Å². The van der Waals surface area contributed by atoms with Gasteiger partial charge in [-0.15, -0.1) is 0 Å². The summed E-state index contributed by atoms with van der Waals surface area (Å²) < 4.78 is 33.4. The van der Waals surface area contributed by atoms with Gasteiger partial charge in [0.05, 0.1) is 7.11 Å². The molecule has 1 aromatic carbocycles. The number of hydrogen-bond donors (Lipinski definition) is 0. The molecule has 1 aromatic heterocycles. The maximum atomic E-state index is 12.0. The molecule has 3 rings (SSSR count). The first-order valence-electron chi connectivity index (χ1n) is 6.64. The molecule has 112 valence electrons. The smallest absolute Gasteiger partial charge is 0.248 e. The molecule has 0 saturated heterocycles. The van der Waals surface area contributed by atoms with Gasteiger partial charge in [-0.05, 0) is 43.5 Å². The molecule has 0 aliphatic heterocycles. The predicted octanol–water partition coefficient (Wildman–Crippen LogP) is 2.17. The summed E-state index contributed by atoms with van der Waals surface area (Å²) in [6.45, 7) is 0. The lowest BCUT2D eigenvalue weighted by Gasteiger charge is -2.36. The lowest BCUT2D eigenvalue weighted by atomic mass is 9.84. The van der Waals surface area contributed by atoms with E-state index in [2.05, 4.69) is 10.1 Å². The van der Waals surface area contributed by atoms with Crippen molar-refractivity contribution in [1.29, 1.82) is 0 Å². The highest BCUT2D eigenvalue weighted by atomic mass is 32.2. The first-order valence-corrected chi connectivity index (χ1v) is 8.54. The summed E-state index contributed by atoms with van der Waals surface area (Å²) in [7, 11) is -1.69. The Morgan fingerprint density at radius 1 is 1.24 bits per heavy atom. The molecule has 0 unspecified atom stereocenters. The third kappa shape index (κ3) is 2.21. The minimum atomic E-state index is -3.28. The van der Waals surface area contributed by atoms with Gasteiger partial charge in [0.25, 0.3) is 0 Å². The molecule has 0 amide bonds. The Bertz CT molecular complexity index is 746. The van der Waals surface area contributed by atoms with Crippen LogP contribution in [-0.4, -0.2) is 31.9 Å². The van der Waals surface area contributed by atoms with E-state index in [0.29, 0.717) is 18.7 Å². The van der Waals surface area contributed by atoms with Gasteiger partial charge < -0.3 is 9.26 Å². The Kier molecular flexibility index (Phi) is 3.24. The molecule has 7 heteroatoms. The number of rotatable bonds is 4. The number of nitrogens with zero attached hydrogens (tertiary/aromatic N) is 2. The molecule has 1 aliphatic carbocycles. The van der Waals surface area contributed by atoms with Gasteiger partial charge in [-0.2, -0.15) is 4.98 Å². The van der Waals surface area contributed by atoms with Crippen LogP contribution in [0.2, 0.25) is 0 Å². The zero-order valence-electron chi connectivity index (χ0n) is 11.9. The largest absolute Gasteiger partial charge is 0.497 e. The first-order chi connectivity index (χ1) is 9.96. The second-order valence-electron chi connectivity index (χ2n) is 5.27. The molecule has 0 N–H and O–H groups in total. The summed E-state index contributed by atoms with van der Waals surface area (Å²) in [5.74, 6) is 1.32. The zero-order chi connectivity index (χ0) is 15.1. The van der Waals surface area contributed by atoms with Gasteiger partial charge in [0.15, 0.2) is 14.6 Å². The van der Waals surface area contributed by atoms with Crippen molar-refractivity contribution in [2.45, 2.75) is 24.0 Å². The van der Waals surface area contributed by atoms with E-state index in [-0.39, 0.29) is 5.89 Å². The van der Waals surface area contributed by atoms with Gasteiger partial charge in [0, 0.05) is 11.8 Å². The molecule has 21 heavy (non-hydrogen) atoms. The van der Waals surface area contributed by atoms with Crippen LogP contribution in [0.25, 0.3) is 11.4 Å².